The van der Waals surface area contributed by atoms with E-state index in [2.05, 4.69) is 10.4 Å². The van der Waals surface area contributed by atoms with Gasteiger partial charge in [0.15, 0.2) is 6.61 Å². The molecule has 0 aliphatic heterocycles. The zero-order chi connectivity index (χ0) is 21.1. The van der Waals surface area contributed by atoms with Crippen molar-refractivity contribution in [2.75, 3.05) is 6.61 Å². The number of amides is 1. The molecule has 4 aromatic rings. The number of hydrogen-bond donors (Lipinski definition) is 1. The summed E-state index contributed by atoms with van der Waals surface area (Å²) >= 11 is 1.21. The van der Waals surface area contributed by atoms with E-state index in [0.717, 1.165) is 21.5 Å². The minimum atomic E-state index is -0.573. The molecule has 0 saturated carbocycles. The van der Waals surface area contributed by atoms with Crippen LogP contribution in [0.4, 0.5) is 4.39 Å². The van der Waals surface area contributed by atoms with Crippen LogP contribution in [-0.2, 0) is 16.1 Å². The van der Waals surface area contributed by atoms with E-state index in [1.807, 2.05) is 37.3 Å². The fourth-order valence-electron chi connectivity index (χ4n) is 2.95. The van der Waals surface area contributed by atoms with E-state index in [1.165, 1.54) is 23.5 Å². The Morgan fingerprint density at radius 3 is 2.60 bits per heavy atom. The molecular formula is C22H18FN3O3S. The lowest BCUT2D eigenvalue weighted by atomic mass is 10.2. The Kier molecular flexibility index (Phi) is 5.58. The summed E-state index contributed by atoms with van der Waals surface area (Å²) in [5, 5.41) is 7.99. The topological polar surface area (TPSA) is 73.2 Å². The number of aromatic nitrogens is 2. The van der Waals surface area contributed by atoms with Gasteiger partial charge in [0, 0.05) is 11.9 Å². The summed E-state index contributed by atoms with van der Waals surface area (Å²) < 4.78 is 20.0. The van der Waals surface area contributed by atoms with Crippen LogP contribution in [0.3, 0.4) is 0 Å². The van der Waals surface area contributed by atoms with Gasteiger partial charge in [0.2, 0.25) is 0 Å². The molecule has 0 saturated heterocycles. The van der Waals surface area contributed by atoms with Crippen LogP contribution in [0.15, 0.2) is 60.7 Å². The lowest BCUT2D eigenvalue weighted by Gasteiger charge is -2.06. The van der Waals surface area contributed by atoms with Crippen molar-refractivity contribution in [2.24, 2.45) is 0 Å². The van der Waals surface area contributed by atoms with E-state index in [9.17, 15) is 14.0 Å². The van der Waals surface area contributed by atoms with Crippen LogP contribution in [0, 0.1) is 12.7 Å². The average Bonchev–Trinajstić information content (AvgIpc) is 3.33. The van der Waals surface area contributed by atoms with E-state index in [0.29, 0.717) is 17.1 Å². The number of thiophene rings is 1. The van der Waals surface area contributed by atoms with E-state index >= 15 is 0 Å². The van der Waals surface area contributed by atoms with Gasteiger partial charge in [0.25, 0.3) is 5.91 Å². The monoisotopic (exact) mass is 423 g/mol. The number of hydrogen-bond acceptors (Lipinski definition) is 5. The Bertz CT molecular complexity index is 1200. The Hall–Kier alpha value is -3.52. The summed E-state index contributed by atoms with van der Waals surface area (Å²) in [6.07, 6.45) is 0. The highest BCUT2D eigenvalue weighted by molar-refractivity contribution is 7.20. The van der Waals surface area contributed by atoms with Gasteiger partial charge < -0.3 is 10.1 Å². The second kappa shape index (κ2) is 8.46. The van der Waals surface area contributed by atoms with Gasteiger partial charge in [0.1, 0.15) is 15.5 Å². The van der Waals surface area contributed by atoms with Crippen molar-refractivity contribution in [1.29, 1.82) is 0 Å². The number of fused-ring (bicyclic) bond motifs is 1. The lowest BCUT2D eigenvalue weighted by Crippen LogP contribution is -2.28. The van der Waals surface area contributed by atoms with Crippen molar-refractivity contribution in [1.82, 2.24) is 15.1 Å². The largest absolute Gasteiger partial charge is 0.451 e. The first-order valence-corrected chi connectivity index (χ1v) is 10.1. The van der Waals surface area contributed by atoms with Crippen LogP contribution < -0.4 is 5.32 Å². The molecule has 2 heterocycles. The molecule has 0 radical (unpaired) electrons. The summed E-state index contributed by atoms with van der Waals surface area (Å²) in [5.41, 5.74) is 2.39. The highest BCUT2D eigenvalue weighted by Gasteiger charge is 2.19. The summed E-state index contributed by atoms with van der Waals surface area (Å²) in [6, 6.07) is 17.1. The number of carbonyl (C=O) groups excluding carboxylic acids is 2. The first-order chi connectivity index (χ1) is 14.5. The molecular weight excluding hydrogens is 405 g/mol. The molecule has 1 N–H and O–H groups in total. The number of esters is 1. The van der Waals surface area contributed by atoms with Crippen molar-refractivity contribution in [3.63, 3.8) is 0 Å². The van der Waals surface area contributed by atoms with E-state index < -0.39 is 5.97 Å². The number of aryl methyl sites for hydroxylation is 1. The number of benzene rings is 2. The third kappa shape index (κ3) is 4.23. The molecule has 0 atom stereocenters. The van der Waals surface area contributed by atoms with Crippen molar-refractivity contribution >= 4 is 33.4 Å². The summed E-state index contributed by atoms with van der Waals surface area (Å²) in [4.78, 5) is 25.5. The molecule has 2 aromatic carbocycles. The molecule has 4 rings (SSSR count). The lowest BCUT2D eigenvalue weighted by molar-refractivity contribution is -0.124. The maximum Gasteiger partial charge on any atom is 0.348 e. The molecule has 30 heavy (non-hydrogen) atoms. The van der Waals surface area contributed by atoms with Crippen molar-refractivity contribution in [2.45, 2.75) is 13.5 Å². The number of carbonyl (C=O) groups is 2. The van der Waals surface area contributed by atoms with E-state index in [-0.39, 0.29) is 18.3 Å². The highest BCUT2D eigenvalue weighted by Crippen LogP contribution is 2.30. The van der Waals surface area contributed by atoms with Gasteiger partial charge in [-0.2, -0.15) is 5.10 Å². The molecule has 0 aliphatic rings. The van der Waals surface area contributed by atoms with Crippen LogP contribution in [0.5, 0.6) is 0 Å². The molecule has 0 spiro atoms. The van der Waals surface area contributed by atoms with Crippen LogP contribution in [0.2, 0.25) is 0 Å². The van der Waals surface area contributed by atoms with Crippen molar-refractivity contribution < 1.29 is 18.7 Å². The molecule has 8 heteroatoms. The van der Waals surface area contributed by atoms with E-state index in [1.54, 1.807) is 22.9 Å². The average molecular weight is 423 g/mol. The highest BCUT2D eigenvalue weighted by atomic mass is 32.1. The fourth-order valence-corrected chi connectivity index (χ4v) is 4.03. The van der Waals surface area contributed by atoms with Crippen LogP contribution >= 0.6 is 11.3 Å². The van der Waals surface area contributed by atoms with Gasteiger partial charge in [-0.25, -0.2) is 13.9 Å². The quantitative estimate of drug-likeness (QED) is 0.476. The standard InChI is InChI=1S/C22H18FN3O3S/c1-14-18-11-19(30-21(18)26(25-14)17-9-7-16(23)8-10-17)22(28)29-13-20(27)24-12-15-5-3-2-4-6-15/h2-11H,12-13H2,1H3,(H,24,27). The number of halogens is 1. The third-order valence-corrected chi connectivity index (χ3v) is 5.57. The SMILES string of the molecule is Cc1nn(-c2ccc(F)cc2)c2sc(C(=O)OCC(=O)NCc3ccccc3)cc12. The zero-order valence-electron chi connectivity index (χ0n) is 16.1. The predicted molar refractivity (Wildman–Crippen MR) is 112 cm³/mol. The minimum Gasteiger partial charge on any atom is -0.451 e. The second-order valence-electron chi connectivity index (χ2n) is 6.64. The maximum atomic E-state index is 13.2. The van der Waals surface area contributed by atoms with Gasteiger partial charge in [-0.15, -0.1) is 11.3 Å². The maximum absolute atomic E-state index is 13.2. The van der Waals surface area contributed by atoms with Gasteiger partial charge in [-0.3, -0.25) is 4.79 Å². The van der Waals surface area contributed by atoms with Crippen molar-refractivity contribution in [3.05, 3.63) is 82.6 Å². The van der Waals surface area contributed by atoms with Gasteiger partial charge >= 0.3 is 5.97 Å². The van der Waals surface area contributed by atoms with Gasteiger partial charge in [-0.1, -0.05) is 30.3 Å². The molecule has 6 nitrogen and oxygen atoms in total. The number of nitrogens with zero attached hydrogens (tertiary/aromatic N) is 2. The molecule has 0 aliphatic carbocycles. The number of rotatable bonds is 6. The smallest absolute Gasteiger partial charge is 0.348 e. The Morgan fingerprint density at radius 2 is 1.87 bits per heavy atom. The van der Waals surface area contributed by atoms with Gasteiger partial charge in [0.05, 0.1) is 11.4 Å². The molecule has 0 fully saturated rings. The Morgan fingerprint density at radius 1 is 1.13 bits per heavy atom. The Labute approximate surface area is 175 Å². The fraction of sp³-hybridized carbons (Fsp3) is 0.136. The minimum absolute atomic E-state index is 0.333. The van der Waals surface area contributed by atoms with E-state index in [4.69, 9.17) is 4.74 Å². The molecule has 2 aromatic heterocycles. The summed E-state index contributed by atoms with van der Waals surface area (Å²) in [5.74, 6) is -1.28. The third-order valence-electron chi connectivity index (χ3n) is 4.48. The summed E-state index contributed by atoms with van der Waals surface area (Å²) in [7, 11) is 0. The van der Waals surface area contributed by atoms with Crippen LogP contribution in [-0.4, -0.2) is 28.3 Å². The van der Waals surface area contributed by atoms with Crippen LogP contribution in [0.1, 0.15) is 20.9 Å². The van der Waals surface area contributed by atoms with Crippen LogP contribution in [0.25, 0.3) is 15.9 Å². The number of nitrogens with one attached hydrogen (secondary N) is 1. The first-order valence-electron chi connectivity index (χ1n) is 9.24. The number of ether oxygens (including phenoxy) is 1. The first kappa shape index (κ1) is 19.8. The van der Waals surface area contributed by atoms with Crippen molar-refractivity contribution in [3.8, 4) is 5.69 Å². The Balaban J connectivity index is 1.43. The predicted octanol–water partition coefficient (Wildman–Crippen LogP) is 4.01. The summed E-state index contributed by atoms with van der Waals surface area (Å²) in [6.45, 7) is 1.84. The molecule has 1 amide bonds. The normalized spacial score (nSPS) is 10.9. The molecule has 152 valence electrons. The molecule has 0 unspecified atom stereocenters. The molecule has 0 bridgehead atoms. The van der Waals surface area contributed by atoms with Gasteiger partial charge in [-0.05, 0) is 42.8 Å². The zero-order valence-corrected chi connectivity index (χ0v) is 16.9. The second-order valence-corrected chi connectivity index (χ2v) is 7.67.